The van der Waals surface area contributed by atoms with Crippen molar-refractivity contribution in [1.29, 1.82) is 0 Å². The maximum Gasteiger partial charge on any atom is 0.120 e. The maximum atomic E-state index is 6.19. The standard InChI is InChI=1S/C16H17NO/c17-16(9-10-16)14-7-4-8-15(11-14)18-12-13-5-2-1-3-6-13/h1-8,11H,9-10,12,17H2. The number of hydrogen-bond donors (Lipinski definition) is 1. The summed E-state index contributed by atoms with van der Waals surface area (Å²) >= 11 is 0. The van der Waals surface area contributed by atoms with Crippen LogP contribution in [0.25, 0.3) is 0 Å². The molecule has 3 rings (SSSR count). The van der Waals surface area contributed by atoms with Gasteiger partial charge in [-0.05, 0) is 36.1 Å². The zero-order chi connectivity index (χ0) is 12.4. The minimum Gasteiger partial charge on any atom is -0.489 e. The van der Waals surface area contributed by atoms with Gasteiger partial charge in [-0.15, -0.1) is 0 Å². The summed E-state index contributed by atoms with van der Waals surface area (Å²) in [4.78, 5) is 0. The third-order valence-electron chi connectivity index (χ3n) is 3.45. The lowest BCUT2D eigenvalue weighted by Crippen LogP contribution is -2.18. The summed E-state index contributed by atoms with van der Waals surface area (Å²) < 4.78 is 5.80. The van der Waals surface area contributed by atoms with Gasteiger partial charge in [-0.25, -0.2) is 0 Å². The topological polar surface area (TPSA) is 35.2 Å². The third-order valence-corrected chi connectivity index (χ3v) is 3.45. The molecule has 18 heavy (non-hydrogen) atoms. The minimum absolute atomic E-state index is 0.0912. The third kappa shape index (κ3) is 2.39. The summed E-state index contributed by atoms with van der Waals surface area (Å²) in [6.07, 6.45) is 2.16. The Morgan fingerprint density at radius 2 is 1.78 bits per heavy atom. The van der Waals surface area contributed by atoms with Crippen molar-refractivity contribution in [2.45, 2.75) is 25.0 Å². The highest BCUT2D eigenvalue weighted by atomic mass is 16.5. The Labute approximate surface area is 107 Å². The summed E-state index contributed by atoms with van der Waals surface area (Å²) in [6.45, 7) is 0.599. The molecule has 0 saturated heterocycles. The van der Waals surface area contributed by atoms with Gasteiger partial charge in [-0.2, -0.15) is 0 Å². The summed E-state index contributed by atoms with van der Waals surface area (Å²) in [5.74, 6) is 0.896. The number of benzene rings is 2. The molecule has 2 aromatic carbocycles. The molecule has 2 heteroatoms. The van der Waals surface area contributed by atoms with Crippen LogP contribution < -0.4 is 10.5 Å². The molecule has 2 N–H and O–H groups in total. The predicted octanol–water partition coefficient (Wildman–Crippen LogP) is 3.21. The van der Waals surface area contributed by atoms with Gasteiger partial charge in [0.15, 0.2) is 0 Å². The zero-order valence-electron chi connectivity index (χ0n) is 10.3. The van der Waals surface area contributed by atoms with E-state index in [0.717, 1.165) is 18.6 Å². The second kappa shape index (κ2) is 4.46. The molecule has 92 valence electrons. The molecule has 0 aliphatic heterocycles. The highest BCUT2D eigenvalue weighted by Gasteiger charge is 2.39. The summed E-state index contributed by atoms with van der Waals surface area (Å²) in [7, 11) is 0. The Balaban J connectivity index is 1.70. The Bertz CT molecular complexity index is 532. The molecule has 0 unspecified atom stereocenters. The monoisotopic (exact) mass is 239 g/mol. The van der Waals surface area contributed by atoms with Gasteiger partial charge in [0.25, 0.3) is 0 Å². The molecule has 0 heterocycles. The Morgan fingerprint density at radius 1 is 1.00 bits per heavy atom. The van der Waals surface area contributed by atoms with Gasteiger partial charge in [0.05, 0.1) is 0 Å². The van der Waals surface area contributed by atoms with Gasteiger partial charge >= 0.3 is 0 Å². The number of hydrogen-bond acceptors (Lipinski definition) is 2. The highest BCUT2D eigenvalue weighted by molar-refractivity contribution is 5.36. The molecule has 0 bridgehead atoms. The first kappa shape index (κ1) is 11.3. The number of ether oxygens (including phenoxy) is 1. The number of nitrogens with two attached hydrogens (primary N) is 1. The van der Waals surface area contributed by atoms with E-state index in [2.05, 4.69) is 24.3 Å². The minimum atomic E-state index is -0.0912. The molecule has 2 aromatic rings. The largest absolute Gasteiger partial charge is 0.489 e. The molecule has 1 saturated carbocycles. The molecule has 0 aromatic heterocycles. The van der Waals surface area contributed by atoms with Crippen molar-refractivity contribution in [3.8, 4) is 5.75 Å². The predicted molar refractivity (Wildman–Crippen MR) is 72.3 cm³/mol. The first-order chi connectivity index (χ1) is 8.76. The van der Waals surface area contributed by atoms with E-state index in [1.54, 1.807) is 0 Å². The van der Waals surface area contributed by atoms with Crippen LogP contribution in [0.3, 0.4) is 0 Å². The molecule has 1 aliphatic rings. The maximum absolute atomic E-state index is 6.19. The van der Waals surface area contributed by atoms with Gasteiger partial charge in [-0.1, -0.05) is 42.5 Å². The first-order valence-corrected chi connectivity index (χ1v) is 6.32. The van der Waals surface area contributed by atoms with E-state index in [-0.39, 0.29) is 5.54 Å². The van der Waals surface area contributed by atoms with Crippen molar-refractivity contribution < 1.29 is 4.74 Å². The molecule has 0 spiro atoms. The average Bonchev–Trinajstić information content (AvgIpc) is 3.17. The van der Waals surface area contributed by atoms with Crippen molar-refractivity contribution in [3.05, 3.63) is 65.7 Å². The Hall–Kier alpha value is -1.80. The van der Waals surface area contributed by atoms with Crippen LogP contribution in [0, 0.1) is 0 Å². The quantitative estimate of drug-likeness (QED) is 0.889. The van der Waals surface area contributed by atoms with Crippen molar-refractivity contribution in [2.75, 3.05) is 0 Å². The molecule has 1 fully saturated rings. The smallest absolute Gasteiger partial charge is 0.120 e. The van der Waals surface area contributed by atoms with Crippen molar-refractivity contribution >= 4 is 0 Å². The van der Waals surface area contributed by atoms with Gasteiger partial charge < -0.3 is 10.5 Å². The Kier molecular flexibility index (Phi) is 2.80. The van der Waals surface area contributed by atoms with Gasteiger partial charge in [0, 0.05) is 5.54 Å². The molecule has 0 amide bonds. The molecular weight excluding hydrogens is 222 g/mol. The fourth-order valence-corrected chi connectivity index (χ4v) is 2.06. The fourth-order valence-electron chi connectivity index (χ4n) is 2.06. The van der Waals surface area contributed by atoms with Crippen LogP contribution in [0.2, 0.25) is 0 Å². The van der Waals surface area contributed by atoms with E-state index in [1.165, 1.54) is 11.1 Å². The van der Waals surface area contributed by atoms with Crippen LogP contribution >= 0.6 is 0 Å². The molecule has 0 radical (unpaired) electrons. The highest BCUT2D eigenvalue weighted by Crippen LogP contribution is 2.43. The van der Waals surface area contributed by atoms with E-state index in [9.17, 15) is 0 Å². The SMILES string of the molecule is NC1(c2cccc(OCc3ccccc3)c2)CC1. The summed E-state index contributed by atoms with van der Waals surface area (Å²) in [5.41, 5.74) is 8.46. The van der Waals surface area contributed by atoms with E-state index in [4.69, 9.17) is 10.5 Å². The van der Waals surface area contributed by atoms with Crippen molar-refractivity contribution in [1.82, 2.24) is 0 Å². The average molecular weight is 239 g/mol. The summed E-state index contributed by atoms with van der Waals surface area (Å²) in [5, 5.41) is 0. The normalized spacial score (nSPS) is 16.3. The lowest BCUT2D eigenvalue weighted by Gasteiger charge is -2.12. The van der Waals surface area contributed by atoms with Gasteiger partial charge in [0.1, 0.15) is 12.4 Å². The lowest BCUT2D eigenvalue weighted by molar-refractivity contribution is 0.305. The van der Waals surface area contributed by atoms with E-state index < -0.39 is 0 Å². The van der Waals surface area contributed by atoms with Crippen molar-refractivity contribution in [2.24, 2.45) is 5.73 Å². The van der Waals surface area contributed by atoms with Crippen LogP contribution in [-0.4, -0.2) is 0 Å². The molecule has 0 atom stereocenters. The second-order valence-corrected chi connectivity index (χ2v) is 4.96. The van der Waals surface area contributed by atoms with Crippen LogP contribution in [0.4, 0.5) is 0 Å². The molecule has 1 aliphatic carbocycles. The van der Waals surface area contributed by atoms with E-state index >= 15 is 0 Å². The second-order valence-electron chi connectivity index (χ2n) is 4.96. The first-order valence-electron chi connectivity index (χ1n) is 6.32. The van der Waals surface area contributed by atoms with Crippen LogP contribution in [0.5, 0.6) is 5.75 Å². The van der Waals surface area contributed by atoms with E-state index in [0.29, 0.717) is 6.61 Å². The molecular formula is C16H17NO. The van der Waals surface area contributed by atoms with E-state index in [1.807, 2.05) is 30.3 Å². The summed E-state index contributed by atoms with van der Waals surface area (Å²) in [6, 6.07) is 18.3. The molecule has 2 nitrogen and oxygen atoms in total. The number of rotatable bonds is 4. The van der Waals surface area contributed by atoms with Gasteiger partial charge in [-0.3, -0.25) is 0 Å². The zero-order valence-corrected chi connectivity index (χ0v) is 10.3. The Morgan fingerprint density at radius 3 is 2.50 bits per heavy atom. The van der Waals surface area contributed by atoms with Gasteiger partial charge in [0.2, 0.25) is 0 Å². The fraction of sp³-hybridized carbons (Fsp3) is 0.250. The lowest BCUT2D eigenvalue weighted by atomic mass is 10.1. The van der Waals surface area contributed by atoms with Crippen LogP contribution in [0.15, 0.2) is 54.6 Å². The van der Waals surface area contributed by atoms with Crippen molar-refractivity contribution in [3.63, 3.8) is 0 Å². The van der Waals surface area contributed by atoms with Crippen LogP contribution in [-0.2, 0) is 12.1 Å². The van der Waals surface area contributed by atoms with Crippen LogP contribution in [0.1, 0.15) is 24.0 Å².